The molecule has 120 valence electrons. The van der Waals surface area contributed by atoms with Crippen molar-refractivity contribution < 1.29 is 14.1 Å². The van der Waals surface area contributed by atoms with Gasteiger partial charge < -0.3 is 9.26 Å². The van der Waals surface area contributed by atoms with Crippen LogP contribution in [0.1, 0.15) is 23.6 Å². The molecule has 0 aliphatic carbocycles. The van der Waals surface area contributed by atoms with Gasteiger partial charge in [-0.25, -0.2) is 0 Å². The molecule has 8 heteroatoms. The molecule has 0 unspecified atom stereocenters. The molecule has 3 heterocycles. The van der Waals surface area contributed by atoms with Crippen molar-refractivity contribution in [3.63, 3.8) is 0 Å². The van der Waals surface area contributed by atoms with E-state index in [-0.39, 0.29) is 19.0 Å². The predicted molar refractivity (Wildman–Crippen MR) is 83.7 cm³/mol. The lowest BCUT2D eigenvalue weighted by atomic mass is 10.3. The maximum Gasteiger partial charge on any atom is 0.308 e. The number of carbonyl (C=O) groups excluding carboxylic acids is 1. The fourth-order valence-electron chi connectivity index (χ4n) is 2.13. The molecule has 0 aliphatic heterocycles. The minimum atomic E-state index is -0.320. The predicted octanol–water partition coefficient (Wildman–Crippen LogP) is 2.74. The van der Waals surface area contributed by atoms with Crippen molar-refractivity contribution in [2.45, 2.75) is 33.4 Å². The van der Waals surface area contributed by atoms with Gasteiger partial charge in [-0.2, -0.15) is 21.4 Å². The molecule has 3 aromatic rings. The first-order valence-corrected chi connectivity index (χ1v) is 8.08. The lowest BCUT2D eigenvalue weighted by Gasteiger charge is -2.04. The summed E-state index contributed by atoms with van der Waals surface area (Å²) >= 11 is 1.55. The highest BCUT2D eigenvalue weighted by molar-refractivity contribution is 7.08. The summed E-state index contributed by atoms with van der Waals surface area (Å²) in [5.74, 6) is 0.463. The summed E-state index contributed by atoms with van der Waals surface area (Å²) in [5, 5.41) is 11.9. The fourth-order valence-corrected chi connectivity index (χ4v) is 2.76. The molecule has 3 aromatic heterocycles. The number of rotatable bonds is 6. The van der Waals surface area contributed by atoms with Crippen LogP contribution >= 0.6 is 11.3 Å². The molecule has 0 bridgehead atoms. The zero-order chi connectivity index (χ0) is 16.2. The van der Waals surface area contributed by atoms with Crippen LogP contribution in [-0.4, -0.2) is 25.9 Å². The first-order valence-electron chi connectivity index (χ1n) is 7.13. The molecule has 0 saturated carbocycles. The molecule has 0 saturated heterocycles. The summed E-state index contributed by atoms with van der Waals surface area (Å²) in [4.78, 5) is 16.0. The van der Waals surface area contributed by atoms with Gasteiger partial charge in [-0.15, -0.1) is 0 Å². The molecule has 0 atom stereocenters. The van der Waals surface area contributed by atoms with Gasteiger partial charge in [0, 0.05) is 11.1 Å². The van der Waals surface area contributed by atoms with Gasteiger partial charge in [0.05, 0.1) is 24.2 Å². The maximum absolute atomic E-state index is 11.8. The molecule has 0 radical (unpaired) electrons. The van der Waals surface area contributed by atoms with E-state index in [1.165, 1.54) is 0 Å². The molecule has 0 spiro atoms. The molecule has 3 rings (SSSR count). The van der Waals surface area contributed by atoms with E-state index in [4.69, 9.17) is 9.26 Å². The van der Waals surface area contributed by atoms with Gasteiger partial charge in [-0.1, -0.05) is 5.16 Å². The number of aryl methyl sites for hydroxylation is 3. The summed E-state index contributed by atoms with van der Waals surface area (Å²) < 4.78 is 12.1. The smallest absolute Gasteiger partial charge is 0.308 e. The van der Waals surface area contributed by atoms with Gasteiger partial charge in [0.15, 0.2) is 6.61 Å². The zero-order valence-electron chi connectivity index (χ0n) is 12.9. The largest absolute Gasteiger partial charge is 0.457 e. The van der Waals surface area contributed by atoms with Crippen LogP contribution in [-0.2, 0) is 22.7 Å². The molecular formula is C15H16N4O3S. The summed E-state index contributed by atoms with van der Waals surface area (Å²) in [6.07, 6.45) is 0.247. The highest BCUT2D eigenvalue weighted by Gasteiger charge is 2.12. The average Bonchev–Trinajstić information content (AvgIpc) is 3.24. The lowest BCUT2D eigenvalue weighted by Crippen LogP contribution is -2.11. The Morgan fingerprint density at radius 3 is 3.00 bits per heavy atom. The number of hydrogen-bond donors (Lipinski definition) is 0. The van der Waals surface area contributed by atoms with E-state index < -0.39 is 0 Å². The van der Waals surface area contributed by atoms with Crippen molar-refractivity contribution in [1.82, 2.24) is 19.9 Å². The van der Waals surface area contributed by atoms with E-state index in [1.54, 1.807) is 16.0 Å². The molecule has 0 amide bonds. The third kappa shape index (κ3) is 3.84. The van der Waals surface area contributed by atoms with Gasteiger partial charge >= 0.3 is 5.97 Å². The Morgan fingerprint density at radius 1 is 1.43 bits per heavy atom. The van der Waals surface area contributed by atoms with Crippen molar-refractivity contribution in [3.05, 3.63) is 40.1 Å². The second-order valence-electron chi connectivity index (χ2n) is 5.09. The second-order valence-corrected chi connectivity index (χ2v) is 5.87. The second kappa shape index (κ2) is 6.74. The van der Waals surface area contributed by atoms with Crippen molar-refractivity contribution in [2.24, 2.45) is 0 Å². The highest BCUT2D eigenvalue weighted by atomic mass is 32.1. The topological polar surface area (TPSA) is 83.0 Å². The number of ether oxygens (including phenoxy) is 1. The molecule has 0 fully saturated rings. The van der Waals surface area contributed by atoms with Gasteiger partial charge in [0.1, 0.15) is 0 Å². The van der Waals surface area contributed by atoms with Crippen LogP contribution in [0.3, 0.4) is 0 Å². The van der Waals surface area contributed by atoms with E-state index in [9.17, 15) is 4.79 Å². The van der Waals surface area contributed by atoms with Crippen molar-refractivity contribution in [3.8, 4) is 11.5 Å². The lowest BCUT2D eigenvalue weighted by molar-refractivity contribution is -0.145. The summed E-state index contributed by atoms with van der Waals surface area (Å²) in [6, 6.07) is 3.86. The zero-order valence-corrected chi connectivity index (χ0v) is 13.7. The van der Waals surface area contributed by atoms with Crippen LogP contribution in [0, 0.1) is 13.8 Å². The number of esters is 1. The Bertz CT molecular complexity index is 792. The van der Waals surface area contributed by atoms with E-state index >= 15 is 0 Å². The number of carbonyl (C=O) groups is 1. The van der Waals surface area contributed by atoms with Crippen LogP contribution in [0.15, 0.2) is 27.4 Å². The van der Waals surface area contributed by atoms with E-state index in [2.05, 4.69) is 15.2 Å². The van der Waals surface area contributed by atoms with E-state index in [1.807, 2.05) is 36.7 Å². The molecule has 0 N–H and O–H groups in total. The molecular weight excluding hydrogens is 316 g/mol. The maximum atomic E-state index is 11.8. The Morgan fingerprint density at radius 2 is 2.30 bits per heavy atom. The Labute approximate surface area is 136 Å². The van der Waals surface area contributed by atoms with Gasteiger partial charge in [-0.05, 0) is 31.4 Å². The average molecular weight is 332 g/mol. The van der Waals surface area contributed by atoms with Crippen LogP contribution in [0.5, 0.6) is 0 Å². The Balaban J connectivity index is 1.48. The quantitative estimate of drug-likeness (QED) is 0.645. The number of thiophene rings is 1. The van der Waals surface area contributed by atoms with Crippen LogP contribution < -0.4 is 0 Å². The molecule has 0 aliphatic rings. The SMILES string of the molecule is Cc1cc(C)n(CCC(=O)OCc2noc(-c3ccsc3)n2)n1. The van der Waals surface area contributed by atoms with Crippen molar-refractivity contribution in [1.29, 1.82) is 0 Å². The Hall–Kier alpha value is -2.48. The summed E-state index contributed by atoms with van der Waals surface area (Å²) in [7, 11) is 0. The van der Waals surface area contributed by atoms with Crippen molar-refractivity contribution in [2.75, 3.05) is 0 Å². The molecule has 0 aromatic carbocycles. The molecule has 23 heavy (non-hydrogen) atoms. The Kier molecular flexibility index (Phi) is 4.52. The third-order valence-corrected chi connectivity index (χ3v) is 3.91. The fraction of sp³-hybridized carbons (Fsp3) is 0.333. The van der Waals surface area contributed by atoms with Crippen LogP contribution in [0.2, 0.25) is 0 Å². The minimum absolute atomic E-state index is 0.00356. The standard InChI is InChI=1S/C15H16N4O3S/c1-10-7-11(2)19(17-10)5-3-14(20)21-8-13-16-15(22-18-13)12-4-6-23-9-12/h4,6-7,9H,3,5,8H2,1-2H3. The normalized spacial score (nSPS) is 10.9. The minimum Gasteiger partial charge on any atom is -0.457 e. The first-order chi connectivity index (χ1) is 11.1. The number of hydrogen-bond acceptors (Lipinski definition) is 7. The number of nitrogens with zero attached hydrogens (tertiary/aromatic N) is 4. The van der Waals surface area contributed by atoms with Crippen LogP contribution in [0.25, 0.3) is 11.5 Å². The van der Waals surface area contributed by atoms with E-state index in [0.717, 1.165) is 17.0 Å². The summed E-state index contributed by atoms with van der Waals surface area (Å²) in [6.45, 7) is 4.37. The van der Waals surface area contributed by atoms with E-state index in [0.29, 0.717) is 18.3 Å². The van der Waals surface area contributed by atoms with Gasteiger partial charge in [-0.3, -0.25) is 9.48 Å². The van der Waals surface area contributed by atoms with Gasteiger partial charge in [0.25, 0.3) is 5.89 Å². The third-order valence-electron chi connectivity index (χ3n) is 3.23. The first kappa shape index (κ1) is 15.4. The number of aromatic nitrogens is 4. The van der Waals surface area contributed by atoms with Crippen LogP contribution in [0.4, 0.5) is 0 Å². The monoisotopic (exact) mass is 332 g/mol. The highest BCUT2D eigenvalue weighted by Crippen LogP contribution is 2.19. The van der Waals surface area contributed by atoms with Gasteiger partial charge in [0.2, 0.25) is 5.82 Å². The summed E-state index contributed by atoms with van der Waals surface area (Å²) in [5.41, 5.74) is 2.82. The molecule has 7 nitrogen and oxygen atoms in total. The van der Waals surface area contributed by atoms with Crippen molar-refractivity contribution >= 4 is 17.3 Å².